The van der Waals surface area contributed by atoms with Crippen LogP contribution >= 0.6 is 23.2 Å². The maximum Gasteiger partial charge on any atom is 0.0553 e. The molecule has 0 unspecified atom stereocenters. The largest absolute Gasteiger partial charge is 0.378 e. The molecule has 0 amide bonds. The van der Waals surface area contributed by atoms with Crippen LogP contribution < -0.4 is 5.32 Å². The lowest BCUT2D eigenvalue weighted by atomic mass is 9.77. The molecule has 0 fully saturated rings. The molecule has 21 heavy (non-hydrogen) atoms. The van der Waals surface area contributed by atoms with Gasteiger partial charge in [0, 0.05) is 27.2 Å². The minimum Gasteiger partial charge on any atom is -0.378 e. The van der Waals surface area contributed by atoms with Gasteiger partial charge in [0.1, 0.15) is 0 Å². The Morgan fingerprint density at radius 2 is 1.86 bits per heavy atom. The van der Waals surface area contributed by atoms with Gasteiger partial charge in [0.25, 0.3) is 0 Å². The summed E-state index contributed by atoms with van der Waals surface area (Å²) in [4.78, 5) is 0. The Hall–Kier alpha value is -1.44. The molecule has 4 rings (SSSR count). The first-order valence-electron chi connectivity index (χ1n) is 7.21. The molecule has 1 aliphatic heterocycles. The molecule has 0 spiro atoms. The van der Waals surface area contributed by atoms with Gasteiger partial charge in [0.05, 0.1) is 6.04 Å². The maximum atomic E-state index is 6.45. The number of hydrogen-bond acceptors (Lipinski definition) is 1. The third-order valence-corrected chi connectivity index (χ3v) is 5.07. The highest BCUT2D eigenvalue weighted by Gasteiger charge is 2.39. The summed E-state index contributed by atoms with van der Waals surface area (Å²) in [5, 5.41) is 5.10. The summed E-state index contributed by atoms with van der Waals surface area (Å²) in [5.74, 6) is 0.884. The molecule has 0 saturated heterocycles. The van der Waals surface area contributed by atoms with E-state index in [4.69, 9.17) is 23.2 Å². The molecule has 0 saturated carbocycles. The lowest BCUT2D eigenvalue weighted by Crippen LogP contribution is -2.29. The van der Waals surface area contributed by atoms with Crippen LogP contribution in [0, 0.1) is 5.92 Å². The summed E-state index contributed by atoms with van der Waals surface area (Å²) in [7, 11) is 0. The fraction of sp³-hybridized carbons (Fsp3) is 0.222. The summed E-state index contributed by atoms with van der Waals surface area (Å²) >= 11 is 12.6. The minimum atomic E-state index is 0.299. The second-order valence-corrected chi connectivity index (χ2v) is 6.58. The van der Waals surface area contributed by atoms with Gasteiger partial charge in [-0.05, 0) is 30.0 Å². The van der Waals surface area contributed by atoms with E-state index in [9.17, 15) is 0 Å². The molecule has 0 radical (unpaired) electrons. The quantitative estimate of drug-likeness (QED) is 0.654. The Morgan fingerprint density at radius 3 is 2.67 bits per heavy atom. The van der Waals surface area contributed by atoms with Crippen LogP contribution in [0.2, 0.25) is 10.0 Å². The van der Waals surface area contributed by atoms with Crippen LogP contribution in [0.1, 0.15) is 29.5 Å². The average Bonchev–Trinajstić information content (AvgIpc) is 2.95. The Morgan fingerprint density at radius 1 is 1.05 bits per heavy atom. The number of hydrogen-bond donors (Lipinski definition) is 1. The van der Waals surface area contributed by atoms with E-state index in [0.29, 0.717) is 22.9 Å². The van der Waals surface area contributed by atoms with Crippen molar-refractivity contribution >= 4 is 28.9 Å². The molecule has 1 nitrogen and oxygen atoms in total. The molecule has 3 heteroatoms. The second-order valence-electron chi connectivity index (χ2n) is 5.74. The first kappa shape index (κ1) is 13.2. The zero-order valence-corrected chi connectivity index (χ0v) is 12.9. The molecule has 2 aromatic carbocycles. The Kier molecular flexibility index (Phi) is 3.20. The molecule has 2 aliphatic rings. The fourth-order valence-corrected chi connectivity index (χ4v) is 4.25. The van der Waals surface area contributed by atoms with E-state index in [1.165, 1.54) is 11.1 Å². The van der Waals surface area contributed by atoms with Gasteiger partial charge in [-0.15, -0.1) is 0 Å². The number of nitrogens with one attached hydrogen (secondary N) is 1. The summed E-state index contributed by atoms with van der Waals surface area (Å²) in [6.07, 6.45) is 5.64. The number of benzene rings is 2. The first-order valence-corrected chi connectivity index (χ1v) is 7.97. The second kappa shape index (κ2) is 5.08. The van der Waals surface area contributed by atoms with Crippen LogP contribution in [0.4, 0.5) is 5.69 Å². The Balaban J connectivity index is 1.84. The third-order valence-electron chi connectivity index (χ3n) is 4.54. The predicted molar refractivity (Wildman–Crippen MR) is 89.3 cm³/mol. The van der Waals surface area contributed by atoms with Crippen molar-refractivity contribution in [1.29, 1.82) is 0 Å². The number of rotatable bonds is 1. The van der Waals surface area contributed by atoms with Crippen LogP contribution in [0.3, 0.4) is 0 Å². The van der Waals surface area contributed by atoms with Gasteiger partial charge in [-0.2, -0.15) is 0 Å². The predicted octanol–water partition coefficient (Wildman–Crippen LogP) is 5.82. The van der Waals surface area contributed by atoms with Crippen molar-refractivity contribution in [2.45, 2.75) is 18.4 Å². The van der Waals surface area contributed by atoms with Gasteiger partial charge >= 0.3 is 0 Å². The molecule has 0 aromatic heterocycles. The molecule has 0 bridgehead atoms. The smallest absolute Gasteiger partial charge is 0.0553 e. The van der Waals surface area contributed by atoms with Gasteiger partial charge in [0.2, 0.25) is 0 Å². The molecule has 106 valence electrons. The summed E-state index contributed by atoms with van der Waals surface area (Å²) < 4.78 is 0. The highest BCUT2D eigenvalue weighted by atomic mass is 35.5. The maximum absolute atomic E-state index is 6.45. The van der Waals surface area contributed by atoms with Gasteiger partial charge in [-0.3, -0.25) is 0 Å². The highest BCUT2D eigenvalue weighted by molar-refractivity contribution is 6.35. The summed E-state index contributed by atoms with van der Waals surface area (Å²) in [6.45, 7) is 0. The molecule has 3 atom stereocenters. The standard InChI is InChI=1S/C18H15Cl2N/c19-12-9-15(20)17-13-7-4-8-14(13)18(21-16(17)10-12)11-5-2-1-3-6-11/h1-7,9-10,13-14,18,21H,8H2/t13-,14+,18-/m1/s1. The average molecular weight is 316 g/mol. The van der Waals surface area contributed by atoms with Crippen LogP contribution in [-0.4, -0.2) is 0 Å². The minimum absolute atomic E-state index is 0.299. The summed E-state index contributed by atoms with van der Waals surface area (Å²) in [5.41, 5.74) is 3.57. The Labute approximate surface area is 134 Å². The molecule has 1 heterocycles. The van der Waals surface area contributed by atoms with Gasteiger partial charge in [-0.1, -0.05) is 65.7 Å². The number of fused-ring (bicyclic) bond motifs is 3. The van der Waals surface area contributed by atoms with Gasteiger partial charge < -0.3 is 5.32 Å². The van der Waals surface area contributed by atoms with E-state index in [1.807, 2.05) is 12.1 Å². The van der Waals surface area contributed by atoms with Crippen molar-refractivity contribution in [1.82, 2.24) is 0 Å². The van der Waals surface area contributed by atoms with E-state index in [0.717, 1.165) is 17.1 Å². The molecule has 1 aliphatic carbocycles. The van der Waals surface area contributed by atoms with Crippen molar-refractivity contribution in [3.63, 3.8) is 0 Å². The topological polar surface area (TPSA) is 12.0 Å². The van der Waals surface area contributed by atoms with Crippen molar-refractivity contribution in [3.05, 3.63) is 75.8 Å². The molecule has 2 aromatic rings. The zero-order valence-electron chi connectivity index (χ0n) is 11.4. The van der Waals surface area contributed by atoms with E-state index >= 15 is 0 Å². The summed E-state index contributed by atoms with van der Waals surface area (Å²) in [6, 6.07) is 14.7. The Bertz CT molecular complexity index is 709. The van der Waals surface area contributed by atoms with E-state index in [-0.39, 0.29) is 0 Å². The van der Waals surface area contributed by atoms with Crippen LogP contribution in [0.25, 0.3) is 0 Å². The number of halogens is 2. The molecule has 1 N–H and O–H groups in total. The normalized spacial score (nSPS) is 26.1. The van der Waals surface area contributed by atoms with Gasteiger partial charge in [0.15, 0.2) is 0 Å². The number of allylic oxidation sites excluding steroid dienone is 2. The lowest BCUT2D eigenvalue weighted by Gasteiger charge is -2.38. The first-order chi connectivity index (χ1) is 10.2. The highest BCUT2D eigenvalue weighted by Crippen LogP contribution is 2.52. The van der Waals surface area contributed by atoms with Crippen molar-refractivity contribution < 1.29 is 0 Å². The van der Waals surface area contributed by atoms with E-state index < -0.39 is 0 Å². The van der Waals surface area contributed by atoms with Crippen LogP contribution in [-0.2, 0) is 0 Å². The fourth-order valence-electron chi connectivity index (χ4n) is 3.63. The SMILES string of the molecule is Clc1cc(Cl)c2c(c1)N[C@H](c1ccccc1)[C@H]1CC=C[C@@H]21. The van der Waals surface area contributed by atoms with Crippen LogP contribution in [0.5, 0.6) is 0 Å². The van der Waals surface area contributed by atoms with E-state index in [2.05, 4.69) is 47.8 Å². The third kappa shape index (κ3) is 2.16. The number of anilines is 1. The monoisotopic (exact) mass is 315 g/mol. The lowest BCUT2D eigenvalue weighted by molar-refractivity contribution is 0.425. The van der Waals surface area contributed by atoms with Gasteiger partial charge in [-0.25, -0.2) is 0 Å². The zero-order chi connectivity index (χ0) is 14.4. The van der Waals surface area contributed by atoms with E-state index in [1.54, 1.807) is 0 Å². The van der Waals surface area contributed by atoms with Crippen molar-refractivity contribution in [3.8, 4) is 0 Å². The molecular weight excluding hydrogens is 301 g/mol. The van der Waals surface area contributed by atoms with Crippen molar-refractivity contribution in [2.24, 2.45) is 5.92 Å². The van der Waals surface area contributed by atoms with Crippen LogP contribution in [0.15, 0.2) is 54.6 Å². The van der Waals surface area contributed by atoms with Crippen molar-refractivity contribution in [2.75, 3.05) is 5.32 Å². The molecular formula is C18H15Cl2N.